The highest BCUT2D eigenvalue weighted by Crippen LogP contribution is 2.32. The van der Waals surface area contributed by atoms with E-state index in [1.54, 1.807) is 18.2 Å². The Hall–Kier alpha value is -2.36. The second-order valence-electron chi connectivity index (χ2n) is 4.00. The van der Waals surface area contributed by atoms with Gasteiger partial charge < -0.3 is 10.2 Å². The van der Waals surface area contributed by atoms with Crippen LogP contribution in [-0.4, -0.2) is 0 Å². The summed E-state index contributed by atoms with van der Waals surface area (Å²) in [5, 5.41) is 0.619. The Balaban J connectivity index is 2.26. The maximum Gasteiger partial charge on any atom is 0.170 e. The van der Waals surface area contributed by atoms with Crippen LogP contribution in [0.25, 0.3) is 22.3 Å². The van der Waals surface area contributed by atoms with Crippen molar-refractivity contribution in [2.75, 3.05) is 5.73 Å². The van der Waals surface area contributed by atoms with Crippen LogP contribution < -0.4 is 5.73 Å². The number of rotatable bonds is 1. The molecule has 0 spiro atoms. The van der Waals surface area contributed by atoms with Gasteiger partial charge in [0.05, 0.1) is 0 Å². The lowest BCUT2D eigenvalue weighted by Crippen LogP contribution is -1.89. The first-order valence-electron chi connectivity index (χ1n) is 5.38. The highest BCUT2D eigenvalue weighted by Gasteiger charge is 2.12. The largest absolute Gasteiger partial charge is 0.453 e. The molecular weight excluding hydrogens is 236 g/mol. The van der Waals surface area contributed by atoms with E-state index in [0.717, 1.165) is 0 Å². The van der Waals surface area contributed by atoms with Gasteiger partial charge in [0.15, 0.2) is 11.4 Å². The van der Waals surface area contributed by atoms with E-state index in [1.165, 1.54) is 24.3 Å². The predicted molar refractivity (Wildman–Crippen MR) is 66.0 cm³/mol. The molecule has 90 valence electrons. The second kappa shape index (κ2) is 3.84. The summed E-state index contributed by atoms with van der Waals surface area (Å²) in [4.78, 5) is 0. The Morgan fingerprint density at radius 2 is 1.83 bits per heavy atom. The van der Waals surface area contributed by atoms with Crippen molar-refractivity contribution >= 4 is 16.7 Å². The number of fused-ring (bicyclic) bond motifs is 1. The Labute approximate surface area is 102 Å². The molecule has 3 rings (SSSR count). The fourth-order valence-electron chi connectivity index (χ4n) is 1.90. The lowest BCUT2D eigenvalue weighted by Gasteiger charge is -2.01. The Kier molecular flexibility index (Phi) is 2.30. The van der Waals surface area contributed by atoms with Gasteiger partial charge in [0, 0.05) is 16.6 Å². The molecule has 0 radical (unpaired) electrons. The molecule has 0 aliphatic carbocycles. The highest BCUT2D eigenvalue weighted by molar-refractivity contribution is 5.85. The Morgan fingerprint density at radius 1 is 1.00 bits per heavy atom. The lowest BCUT2D eigenvalue weighted by atomic mass is 10.1. The van der Waals surface area contributed by atoms with Gasteiger partial charge in [-0.2, -0.15) is 0 Å². The third kappa shape index (κ3) is 1.62. The topological polar surface area (TPSA) is 39.2 Å². The number of para-hydroxylation sites is 1. The van der Waals surface area contributed by atoms with E-state index in [-0.39, 0.29) is 5.58 Å². The monoisotopic (exact) mass is 245 g/mol. The fourth-order valence-corrected chi connectivity index (χ4v) is 1.90. The molecule has 2 aromatic carbocycles. The van der Waals surface area contributed by atoms with Gasteiger partial charge in [-0.05, 0) is 30.3 Å². The van der Waals surface area contributed by atoms with Gasteiger partial charge in [-0.15, -0.1) is 0 Å². The number of nitrogen functional groups attached to an aromatic ring is 1. The molecule has 18 heavy (non-hydrogen) atoms. The third-order valence-electron chi connectivity index (χ3n) is 2.78. The molecule has 0 atom stereocenters. The minimum Gasteiger partial charge on any atom is -0.453 e. The molecule has 0 fully saturated rings. The summed E-state index contributed by atoms with van der Waals surface area (Å²) in [6.07, 6.45) is 0. The normalized spacial score (nSPS) is 11.0. The van der Waals surface area contributed by atoms with Crippen LogP contribution in [0.2, 0.25) is 0 Å². The van der Waals surface area contributed by atoms with Gasteiger partial charge in [-0.25, -0.2) is 8.78 Å². The molecule has 0 bridgehead atoms. The van der Waals surface area contributed by atoms with Crippen molar-refractivity contribution < 1.29 is 13.2 Å². The van der Waals surface area contributed by atoms with E-state index in [2.05, 4.69) is 0 Å². The van der Waals surface area contributed by atoms with Crippen LogP contribution in [0.5, 0.6) is 0 Å². The molecule has 0 unspecified atom stereocenters. The van der Waals surface area contributed by atoms with E-state index in [4.69, 9.17) is 10.2 Å². The Morgan fingerprint density at radius 3 is 2.61 bits per heavy atom. The quantitative estimate of drug-likeness (QED) is 0.659. The average Bonchev–Trinajstić information content (AvgIpc) is 2.77. The molecule has 2 N–H and O–H groups in total. The number of nitrogens with two attached hydrogens (primary N) is 1. The molecule has 0 aliphatic heterocycles. The highest BCUT2D eigenvalue weighted by atomic mass is 19.1. The number of halogens is 2. The third-order valence-corrected chi connectivity index (χ3v) is 2.78. The van der Waals surface area contributed by atoms with Crippen LogP contribution in [0.4, 0.5) is 14.5 Å². The van der Waals surface area contributed by atoms with E-state index in [9.17, 15) is 8.78 Å². The predicted octanol–water partition coefficient (Wildman–Crippen LogP) is 3.96. The molecule has 0 saturated carbocycles. The SMILES string of the molecule is Nc1ccc(F)cc1-c1cc2cccc(F)c2o1. The fraction of sp³-hybridized carbons (Fsp3) is 0. The average molecular weight is 245 g/mol. The van der Waals surface area contributed by atoms with Crippen LogP contribution in [0, 0.1) is 11.6 Å². The molecule has 0 saturated heterocycles. The van der Waals surface area contributed by atoms with E-state index in [0.29, 0.717) is 22.4 Å². The summed E-state index contributed by atoms with van der Waals surface area (Å²) in [6, 6.07) is 10.3. The number of benzene rings is 2. The molecule has 1 heterocycles. The van der Waals surface area contributed by atoms with Crippen molar-refractivity contribution in [3.05, 3.63) is 54.1 Å². The number of anilines is 1. The summed E-state index contributed by atoms with van der Waals surface area (Å²) < 4.78 is 32.1. The van der Waals surface area contributed by atoms with Crippen LogP contribution >= 0.6 is 0 Å². The van der Waals surface area contributed by atoms with Gasteiger partial charge in [-0.1, -0.05) is 12.1 Å². The van der Waals surface area contributed by atoms with Crippen LogP contribution in [0.3, 0.4) is 0 Å². The van der Waals surface area contributed by atoms with E-state index < -0.39 is 11.6 Å². The van der Waals surface area contributed by atoms with Crippen molar-refractivity contribution in [3.63, 3.8) is 0 Å². The zero-order chi connectivity index (χ0) is 12.7. The van der Waals surface area contributed by atoms with E-state index in [1.807, 2.05) is 0 Å². The summed E-state index contributed by atoms with van der Waals surface area (Å²) in [5.74, 6) is -0.513. The smallest absolute Gasteiger partial charge is 0.170 e. The number of furan rings is 1. The van der Waals surface area contributed by atoms with Gasteiger partial charge in [-0.3, -0.25) is 0 Å². The molecule has 2 nitrogen and oxygen atoms in total. The first-order valence-corrected chi connectivity index (χ1v) is 5.38. The van der Waals surface area contributed by atoms with Crippen LogP contribution in [-0.2, 0) is 0 Å². The zero-order valence-electron chi connectivity index (χ0n) is 9.28. The van der Waals surface area contributed by atoms with Crippen molar-refractivity contribution in [3.8, 4) is 11.3 Å². The first kappa shape index (κ1) is 10.8. The summed E-state index contributed by atoms with van der Waals surface area (Å²) >= 11 is 0. The van der Waals surface area contributed by atoms with Crippen LogP contribution in [0.1, 0.15) is 0 Å². The summed E-state index contributed by atoms with van der Waals surface area (Å²) in [5.41, 5.74) is 6.72. The van der Waals surface area contributed by atoms with Gasteiger partial charge in [0.1, 0.15) is 11.6 Å². The first-order chi connectivity index (χ1) is 8.65. The van der Waals surface area contributed by atoms with Crippen LogP contribution in [0.15, 0.2) is 46.9 Å². The van der Waals surface area contributed by atoms with Gasteiger partial charge >= 0.3 is 0 Å². The molecule has 4 heteroatoms. The Bertz CT molecular complexity index is 734. The van der Waals surface area contributed by atoms with Gasteiger partial charge in [0.25, 0.3) is 0 Å². The lowest BCUT2D eigenvalue weighted by molar-refractivity contribution is 0.568. The number of hydrogen-bond donors (Lipinski definition) is 1. The maximum atomic E-state index is 13.5. The van der Waals surface area contributed by atoms with Crippen molar-refractivity contribution in [1.29, 1.82) is 0 Å². The molecule has 0 aliphatic rings. The minimum atomic E-state index is -0.450. The second-order valence-corrected chi connectivity index (χ2v) is 4.00. The number of hydrogen-bond acceptors (Lipinski definition) is 2. The van der Waals surface area contributed by atoms with E-state index >= 15 is 0 Å². The maximum absolute atomic E-state index is 13.5. The zero-order valence-corrected chi connectivity index (χ0v) is 9.28. The molecule has 0 amide bonds. The van der Waals surface area contributed by atoms with Crippen molar-refractivity contribution in [2.45, 2.75) is 0 Å². The minimum absolute atomic E-state index is 0.149. The van der Waals surface area contributed by atoms with Crippen molar-refractivity contribution in [1.82, 2.24) is 0 Å². The van der Waals surface area contributed by atoms with Gasteiger partial charge in [0.2, 0.25) is 0 Å². The van der Waals surface area contributed by atoms with Crippen molar-refractivity contribution in [2.24, 2.45) is 0 Å². The standard InChI is InChI=1S/C14H9F2NO/c15-9-4-5-12(17)10(7-9)13-6-8-2-1-3-11(16)14(8)18-13/h1-7H,17H2. The summed E-state index contributed by atoms with van der Waals surface area (Å²) in [6.45, 7) is 0. The molecule has 3 aromatic rings. The molecule has 1 aromatic heterocycles. The molecular formula is C14H9F2NO. The summed E-state index contributed by atoms with van der Waals surface area (Å²) in [7, 11) is 0.